The van der Waals surface area contributed by atoms with Gasteiger partial charge in [0, 0.05) is 16.8 Å². The molecule has 0 aromatic heterocycles. The molecule has 0 saturated carbocycles. The smallest absolute Gasteiger partial charge is 0.195 e. The zero-order chi connectivity index (χ0) is 14.5. The highest BCUT2D eigenvalue weighted by atomic mass is 16.1. The molecule has 0 aliphatic heterocycles. The highest BCUT2D eigenvalue weighted by Gasteiger charge is 2.12. The standard InChI is InChI=1S/C18H21NO/c1-3-4-5-14-7-9-15(10-8-14)18(20)16-12-13(2)6-11-17(16)19/h6-12H,3-5,19H2,1-2H3. The van der Waals surface area contributed by atoms with Crippen molar-refractivity contribution in [1.29, 1.82) is 0 Å². The largest absolute Gasteiger partial charge is 0.398 e. The number of nitrogen functional groups attached to an aromatic ring is 1. The molecule has 0 unspecified atom stereocenters. The predicted octanol–water partition coefficient (Wildman–Crippen LogP) is 4.15. The second kappa shape index (κ2) is 6.38. The molecule has 20 heavy (non-hydrogen) atoms. The van der Waals surface area contributed by atoms with Crippen molar-refractivity contribution in [2.24, 2.45) is 0 Å². The highest BCUT2D eigenvalue weighted by Crippen LogP contribution is 2.19. The molecule has 2 aromatic rings. The number of carbonyl (C=O) groups excluding carboxylic acids is 1. The SMILES string of the molecule is CCCCc1ccc(C(=O)c2cc(C)ccc2N)cc1. The fourth-order valence-corrected chi connectivity index (χ4v) is 2.23. The number of hydrogen-bond donors (Lipinski definition) is 1. The van der Waals surface area contributed by atoms with E-state index in [1.807, 2.05) is 43.3 Å². The summed E-state index contributed by atoms with van der Waals surface area (Å²) in [4.78, 5) is 12.5. The van der Waals surface area contributed by atoms with Gasteiger partial charge >= 0.3 is 0 Å². The fourth-order valence-electron chi connectivity index (χ4n) is 2.23. The van der Waals surface area contributed by atoms with Crippen LogP contribution >= 0.6 is 0 Å². The summed E-state index contributed by atoms with van der Waals surface area (Å²) in [5, 5.41) is 0. The topological polar surface area (TPSA) is 43.1 Å². The lowest BCUT2D eigenvalue weighted by Gasteiger charge is -2.07. The maximum absolute atomic E-state index is 12.5. The van der Waals surface area contributed by atoms with Gasteiger partial charge in [0.25, 0.3) is 0 Å². The van der Waals surface area contributed by atoms with Crippen LogP contribution in [-0.2, 0) is 6.42 Å². The first-order valence-electron chi connectivity index (χ1n) is 7.11. The zero-order valence-corrected chi connectivity index (χ0v) is 12.1. The molecule has 0 saturated heterocycles. The Labute approximate surface area is 120 Å². The number of ketones is 1. The van der Waals surface area contributed by atoms with Gasteiger partial charge in [-0.25, -0.2) is 0 Å². The Bertz CT molecular complexity index is 599. The molecule has 2 nitrogen and oxygen atoms in total. The lowest BCUT2D eigenvalue weighted by molar-refractivity contribution is 0.103. The molecule has 104 valence electrons. The predicted molar refractivity (Wildman–Crippen MR) is 84.1 cm³/mol. The minimum absolute atomic E-state index is 0.00626. The normalized spacial score (nSPS) is 10.5. The number of carbonyl (C=O) groups is 1. The Kier molecular flexibility index (Phi) is 4.57. The molecule has 0 atom stereocenters. The van der Waals surface area contributed by atoms with E-state index >= 15 is 0 Å². The fraction of sp³-hybridized carbons (Fsp3) is 0.278. The van der Waals surface area contributed by atoms with Crippen molar-refractivity contribution in [3.63, 3.8) is 0 Å². The van der Waals surface area contributed by atoms with Crippen LogP contribution in [0.4, 0.5) is 5.69 Å². The molecule has 0 amide bonds. The number of benzene rings is 2. The molecule has 2 aromatic carbocycles. The Balaban J connectivity index is 2.22. The minimum atomic E-state index is -0.00626. The van der Waals surface area contributed by atoms with Gasteiger partial charge in [-0.2, -0.15) is 0 Å². The minimum Gasteiger partial charge on any atom is -0.398 e. The molecule has 2 heteroatoms. The van der Waals surface area contributed by atoms with E-state index < -0.39 is 0 Å². The summed E-state index contributed by atoms with van der Waals surface area (Å²) < 4.78 is 0. The highest BCUT2D eigenvalue weighted by molar-refractivity contribution is 6.12. The third-order valence-corrected chi connectivity index (χ3v) is 3.49. The first kappa shape index (κ1) is 14.3. The molecular weight excluding hydrogens is 246 g/mol. The summed E-state index contributed by atoms with van der Waals surface area (Å²) in [5.74, 6) is -0.00626. The van der Waals surface area contributed by atoms with Crippen LogP contribution in [0.25, 0.3) is 0 Å². The summed E-state index contributed by atoms with van der Waals surface area (Å²) in [6.07, 6.45) is 3.43. The van der Waals surface area contributed by atoms with Crippen LogP contribution in [0.5, 0.6) is 0 Å². The molecule has 0 radical (unpaired) electrons. The lowest BCUT2D eigenvalue weighted by Crippen LogP contribution is -2.06. The number of aryl methyl sites for hydroxylation is 2. The van der Waals surface area contributed by atoms with Crippen LogP contribution in [0.2, 0.25) is 0 Å². The molecular formula is C18H21NO. The van der Waals surface area contributed by atoms with E-state index in [0.717, 1.165) is 12.0 Å². The third kappa shape index (κ3) is 3.27. The Morgan fingerprint density at radius 3 is 2.45 bits per heavy atom. The summed E-state index contributed by atoms with van der Waals surface area (Å²) >= 11 is 0. The molecule has 2 rings (SSSR count). The van der Waals surface area contributed by atoms with Crippen molar-refractivity contribution in [2.75, 3.05) is 5.73 Å². The van der Waals surface area contributed by atoms with E-state index in [2.05, 4.69) is 6.92 Å². The summed E-state index contributed by atoms with van der Waals surface area (Å²) in [6, 6.07) is 13.4. The van der Waals surface area contributed by atoms with Gasteiger partial charge < -0.3 is 5.73 Å². The number of hydrogen-bond acceptors (Lipinski definition) is 2. The van der Waals surface area contributed by atoms with Crippen molar-refractivity contribution >= 4 is 11.5 Å². The molecule has 0 heterocycles. The Morgan fingerprint density at radius 1 is 1.10 bits per heavy atom. The van der Waals surface area contributed by atoms with Crippen molar-refractivity contribution in [2.45, 2.75) is 33.1 Å². The van der Waals surface area contributed by atoms with Crippen molar-refractivity contribution in [3.8, 4) is 0 Å². The summed E-state index contributed by atoms with van der Waals surface area (Å²) in [5.41, 5.74) is 10.0. The average Bonchev–Trinajstić information content (AvgIpc) is 2.47. The van der Waals surface area contributed by atoms with Crippen molar-refractivity contribution in [1.82, 2.24) is 0 Å². The van der Waals surface area contributed by atoms with E-state index in [9.17, 15) is 4.79 Å². The molecule has 0 aliphatic carbocycles. The maximum Gasteiger partial charge on any atom is 0.195 e. The van der Waals surface area contributed by atoms with Gasteiger partial charge in [-0.05, 0) is 37.5 Å². The molecule has 0 bridgehead atoms. The van der Waals surface area contributed by atoms with Gasteiger partial charge in [0.05, 0.1) is 0 Å². The van der Waals surface area contributed by atoms with Crippen molar-refractivity contribution < 1.29 is 4.79 Å². The first-order chi connectivity index (χ1) is 9.61. The van der Waals surface area contributed by atoms with Gasteiger partial charge in [-0.1, -0.05) is 49.2 Å². The van der Waals surface area contributed by atoms with Crippen LogP contribution < -0.4 is 5.73 Å². The Hall–Kier alpha value is -2.09. The van der Waals surface area contributed by atoms with Crippen LogP contribution in [0.3, 0.4) is 0 Å². The number of nitrogens with two attached hydrogens (primary N) is 1. The van der Waals surface area contributed by atoms with Crippen LogP contribution in [0.15, 0.2) is 42.5 Å². The van der Waals surface area contributed by atoms with E-state index in [0.29, 0.717) is 16.8 Å². The number of rotatable bonds is 5. The van der Waals surface area contributed by atoms with E-state index in [1.165, 1.54) is 18.4 Å². The number of unbranched alkanes of at least 4 members (excludes halogenated alkanes) is 1. The third-order valence-electron chi connectivity index (χ3n) is 3.49. The van der Waals surface area contributed by atoms with Crippen LogP contribution in [-0.4, -0.2) is 5.78 Å². The second-order valence-electron chi connectivity index (χ2n) is 5.22. The van der Waals surface area contributed by atoms with Gasteiger partial charge in [-0.3, -0.25) is 4.79 Å². The molecule has 0 fully saturated rings. The van der Waals surface area contributed by atoms with Crippen LogP contribution in [0.1, 0.15) is 46.8 Å². The Morgan fingerprint density at radius 2 is 1.80 bits per heavy atom. The summed E-state index contributed by atoms with van der Waals surface area (Å²) in [7, 11) is 0. The monoisotopic (exact) mass is 267 g/mol. The maximum atomic E-state index is 12.5. The van der Waals surface area contributed by atoms with Crippen LogP contribution in [0, 0.1) is 6.92 Å². The summed E-state index contributed by atoms with van der Waals surface area (Å²) in [6.45, 7) is 4.14. The zero-order valence-electron chi connectivity index (χ0n) is 12.1. The van der Waals surface area contributed by atoms with E-state index in [-0.39, 0.29) is 5.78 Å². The van der Waals surface area contributed by atoms with Gasteiger partial charge in [0.1, 0.15) is 0 Å². The lowest BCUT2D eigenvalue weighted by atomic mass is 9.98. The van der Waals surface area contributed by atoms with E-state index in [1.54, 1.807) is 6.07 Å². The molecule has 2 N–H and O–H groups in total. The van der Waals surface area contributed by atoms with Gasteiger partial charge in [-0.15, -0.1) is 0 Å². The van der Waals surface area contributed by atoms with E-state index in [4.69, 9.17) is 5.73 Å². The second-order valence-corrected chi connectivity index (χ2v) is 5.22. The van der Waals surface area contributed by atoms with Gasteiger partial charge in [0.15, 0.2) is 5.78 Å². The van der Waals surface area contributed by atoms with Crippen molar-refractivity contribution in [3.05, 3.63) is 64.7 Å². The number of anilines is 1. The molecule has 0 spiro atoms. The first-order valence-corrected chi connectivity index (χ1v) is 7.11. The van der Waals surface area contributed by atoms with Gasteiger partial charge in [0.2, 0.25) is 0 Å². The average molecular weight is 267 g/mol. The molecule has 0 aliphatic rings. The quantitative estimate of drug-likeness (QED) is 0.653.